The first kappa shape index (κ1) is 21.9. The summed E-state index contributed by atoms with van der Waals surface area (Å²) in [6.07, 6.45) is 1.68. The highest BCUT2D eigenvalue weighted by atomic mass is 35.5. The largest absolute Gasteiger partial charge is 0.471 e. The molecule has 0 aliphatic heterocycles. The van der Waals surface area contributed by atoms with E-state index in [0.717, 1.165) is 17.0 Å². The van der Waals surface area contributed by atoms with Crippen LogP contribution in [0.25, 0.3) is 0 Å². The van der Waals surface area contributed by atoms with Crippen LogP contribution in [-0.2, 0) is 13.3 Å². The quantitative estimate of drug-likeness (QED) is 0.396. The first-order chi connectivity index (χ1) is 15.4. The summed E-state index contributed by atoms with van der Waals surface area (Å²) in [5, 5.41) is 13.1. The van der Waals surface area contributed by atoms with Crippen molar-refractivity contribution in [2.24, 2.45) is 0 Å². The molecule has 7 nitrogen and oxygen atoms in total. The van der Waals surface area contributed by atoms with Gasteiger partial charge in [0, 0.05) is 16.2 Å². The standard InChI is InChI=1S/C23H21Cl2N5O2/c1-15-22(16(2)30(27-15)13-17-6-8-18(24)9-7-17)26-23(31)21-10-11-29(28-21)14-32-20-5-3-4-19(25)12-20/h3-12H,13-14H2,1-2H3,(H,26,31). The number of halogens is 2. The highest BCUT2D eigenvalue weighted by Crippen LogP contribution is 2.22. The van der Waals surface area contributed by atoms with E-state index in [2.05, 4.69) is 15.5 Å². The maximum Gasteiger partial charge on any atom is 0.276 e. The number of aromatic nitrogens is 4. The smallest absolute Gasteiger partial charge is 0.276 e. The predicted molar refractivity (Wildman–Crippen MR) is 125 cm³/mol. The Kier molecular flexibility index (Phi) is 6.48. The first-order valence-electron chi connectivity index (χ1n) is 9.90. The van der Waals surface area contributed by atoms with Gasteiger partial charge in [0.25, 0.3) is 5.91 Å². The van der Waals surface area contributed by atoms with Gasteiger partial charge in [0.05, 0.1) is 23.6 Å². The van der Waals surface area contributed by atoms with E-state index in [0.29, 0.717) is 28.0 Å². The fourth-order valence-electron chi connectivity index (χ4n) is 3.22. The Hall–Kier alpha value is -3.29. The van der Waals surface area contributed by atoms with Gasteiger partial charge in [0.1, 0.15) is 5.75 Å². The number of nitrogens with zero attached hydrogens (tertiary/aromatic N) is 4. The third kappa shape index (κ3) is 5.12. The number of rotatable bonds is 7. The highest BCUT2D eigenvalue weighted by Gasteiger charge is 2.17. The number of carbonyl (C=O) groups excluding carboxylic acids is 1. The van der Waals surface area contributed by atoms with Crippen molar-refractivity contribution in [1.82, 2.24) is 19.6 Å². The summed E-state index contributed by atoms with van der Waals surface area (Å²) in [5.74, 6) is 0.308. The van der Waals surface area contributed by atoms with Crippen LogP contribution >= 0.6 is 23.2 Å². The van der Waals surface area contributed by atoms with Gasteiger partial charge in [-0.1, -0.05) is 41.4 Å². The van der Waals surface area contributed by atoms with Gasteiger partial charge in [-0.3, -0.25) is 9.48 Å². The summed E-state index contributed by atoms with van der Waals surface area (Å²) in [4.78, 5) is 12.8. The van der Waals surface area contributed by atoms with Crippen LogP contribution in [0.1, 0.15) is 27.4 Å². The molecule has 164 valence electrons. The molecule has 1 amide bonds. The van der Waals surface area contributed by atoms with E-state index in [-0.39, 0.29) is 18.3 Å². The second kappa shape index (κ2) is 9.46. The summed E-state index contributed by atoms with van der Waals surface area (Å²) in [7, 11) is 0. The van der Waals surface area contributed by atoms with Crippen LogP contribution in [0, 0.1) is 13.8 Å². The zero-order valence-electron chi connectivity index (χ0n) is 17.5. The molecule has 0 fully saturated rings. The van der Waals surface area contributed by atoms with Gasteiger partial charge in [-0.2, -0.15) is 10.2 Å². The molecule has 2 aromatic carbocycles. The van der Waals surface area contributed by atoms with Crippen LogP contribution in [0.4, 0.5) is 5.69 Å². The van der Waals surface area contributed by atoms with E-state index in [9.17, 15) is 4.79 Å². The monoisotopic (exact) mass is 469 g/mol. The molecule has 1 N–H and O–H groups in total. The lowest BCUT2D eigenvalue weighted by Gasteiger charge is -2.07. The van der Waals surface area contributed by atoms with E-state index >= 15 is 0 Å². The van der Waals surface area contributed by atoms with Crippen molar-refractivity contribution in [2.45, 2.75) is 27.1 Å². The molecule has 0 spiro atoms. The number of amides is 1. The number of hydrogen-bond acceptors (Lipinski definition) is 4. The Labute approximate surface area is 195 Å². The molecule has 0 saturated heterocycles. The van der Waals surface area contributed by atoms with E-state index < -0.39 is 0 Å². The third-order valence-corrected chi connectivity index (χ3v) is 5.39. The maximum absolute atomic E-state index is 12.8. The molecule has 9 heteroatoms. The van der Waals surface area contributed by atoms with Crippen LogP contribution in [0.15, 0.2) is 60.8 Å². The second-order valence-electron chi connectivity index (χ2n) is 7.26. The molecule has 0 radical (unpaired) electrons. The predicted octanol–water partition coefficient (Wildman–Crippen LogP) is 5.34. The molecular weight excluding hydrogens is 449 g/mol. The summed E-state index contributed by atoms with van der Waals surface area (Å²) < 4.78 is 9.05. The van der Waals surface area contributed by atoms with Gasteiger partial charge in [-0.05, 0) is 55.8 Å². The number of anilines is 1. The first-order valence-corrected chi connectivity index (χ1v) is 10.7. The lowest BCUT2D eigenvalue weighted by Crippen LogP contribution is -2.15. The SMILES string of the molecule is Cc1nn(Cc2ccc(Cl)cc2)c(C)c1NC(=O)c1ccn(COc2cccc(Cl)c2)n1. The van der Waals surface area contributed by atoms with E-state index in [4.69, 9.17) is 27.9 Å². The number of benzene rings is 2. The van der Waals surface area contributed by atoms with E-state index in [1.807, 2.05) is 42.8 Å². The van der Waals surface area contributed by atoms with Gasteiger partial charge >= 0.3 is 0 Å². The summed E-state index contributed by atoms with van der Waals surface area (Å²) >= 11 is 11.9. The number of ether oxygens (including phenoxy) is 1. The number of carbonyl (C=O) groups is 1. The Bertz CT molecular complexity index is 1250. The van der Waals surface area contributed by atoms with Gasteiger partial charge in [0.15, 0.2) is 12.4 Å². The van der Waals surface area contributed by atoms with Crippen molar-refractivity contribution < 1.29 is 9.53 Å². The van der Waals surface area contributed by atoms with E-state index in [1.54, 1.807) is 41.2 Å². The fraction of sp³-hybridized carbons (Fsp3) is 0.174. The Morgan fingerprint density at radius 2 is 1.81 bits per heavy atom. The molecule has 0 unspecified atom stereocenters. The minimum Gasteiger partial charge on any atom is -0.471 e. The van der Waals surface area contributed by atoms with Crippen LogP contribution < -0.4 is 10.1 Å². The average molecular weight is 470 g/mol. The van der Waals surface area contributed by atoms with Crippen LogP contribution in [-0.4, -0.2) is 25.5 Å². The van der Waals surface area contributed by atoms with Crippen molar-refractivity contribution in [2.75, 3.05) is 5.32 Å². The van der Waals surface area contributed by atoms with Crippen LogP contribution in [0.2, 0.25) is 10.0 Å². The molecule has 0 bridgehead atoms. The lowest BCUT2D eigenvalue weighted by molar-refractivity contribution is 0.102. The zero-order valence-corrected chi connectivity index (χ0v) is 19.1. The minimum absolute atomic E-state index is 0.157. The molecule has 2 heterocycles. The van der Waals surface area contributed by atoms with Crippen molar-refractivity contribution in [1.29, 1.82) is 0 Å². The Morgan fingerprint density at radius 3 is 2.56 bits per heavy atom. The topological polar surface area (TPSA) is 74.0 Å². The third-order valence-electron chi connectivity index (χ3n) is 4.90. The summed E-state index contributed by atoms with van der Waals surface area (Å²) in [5.41, 5.74) is 3.61. The molecule has 0 aliphatic rings. The van der Waals surface area contributed by atoms with Crippen molar-refractivity contribution in [3.05, 3.63) is 93.5 Å². The molecule has 32 heavy (non-hydrogen) atoms. The van der Waals surface area contributed by atoms with Crippen molar-refractivity contribution in [3.8, 4) is 5.75 Å². The Balaban J connectivity index is 1.41. The molecule has 0 saturated carbocycles. The lowest BCUT2D eigenvalue weighted by atomic mass is 10.2. The van der Waals surface area contributed by atoms with Gasteiger partial charge in [-0.25, -0.2) is 4.68 Å². The second-order valence-corrected chi connectivity index (χ2v) is 8.13. The minimum atomic E-state index is -0.316. The number of aryl methyl sites for hydroxylation is 1. The van der Waals surface area contributed by atoms with Gasteiger partial charge < -0.3 is 10.1 Å². The zero-order chi connectivity index (χ0) is 22.7. The molecule has 4 aromatic rings. The highest BCUT2D eigenvalue weighted by molar-refractivity contribution is 6.30. The number of nitrogens with one attached hydrogen (secondary N) is 1. The molecular formula is C23H21Cl2N5O2. The van der Waals surface area contributed by atoms with Crippen LogP contribution in [0.3, 0.4) is 0 Å². The number of hydrogen-bond donors (Lipinski definition) is 1. The van der Waals surface area contributed by atoms with Crippen molar-refractivity contribution in [3.63, 3.8) is 0 Å². The Morgan fingerprint density at radius 1 is 1.03 bits per heavy atom. The normalized spacial score (nSPS) is 10.9. The summed E-state index contributed by atoms with van der Waals surface area (Å²) in [6, 6.07) is 16.3. The van der Waals surface area contributed by atoms with E-state index in [1.165, 1.54) is 0 Å². The van der Waals surface area contributed by atoms with Gasteiger partial charge in [-0.15, -0.1) is 0 Å². The maximum atomic E-state index is 12.8. The van der Waals surface area contributed by atoms with Crippen molar-refractivity contribution >= 4 is 34.8 Å². The molecule has 0 aliphatic carbocycles. The van der Waals surface area contributed by atoms with Gasteiger partial charge in [0.2, 0.25) is 0 Å². The fourth-order valence-corrected chi connectivity index (χ4v) is 3.53. The summed E-state index contributed by atoms with van der Waals surface area (Å²) in [6.45, 7) is 4.52. The molecule has 2 aromatic heterocycles. The average Bonchev–Trinajstić information content (AvgIpc) is 3.35. The molecule has 4 rings (SSSR count). The van der Waals surface area contributed by atoms with Crippen LogP contribution in [0.5, 0.6) is 5.75 Å². The molecule has 0 atom stereocenters.